The standard InChI is InChI=1S/C12H24N2O4/c1-10(5-6-11(15)16)9-13-12(17)14(2)7-4-8-18-3/h10H,4-9H2,1-3H3,(H,13,17)(H,15,16). The van der Waals surface area contributed by atoms with Crippen LogP contribution in [0.4, 0.5) is 4.79 Å². The molecule has 2 N–H and O–H groups in total. The van der Waals surface area contributed by atoms with Crippen molar-refractivity contribution in [1.29, 1.82) is 0 Å². The summed E-state index contributed by atoms with van der Waals surface area (Å²) in [6.07, 6.45) is 1.51. The molecule has 0 heterocycles. The predicted molar refractivity (Wildman–Crippen MR) is 68.6 cm³/mol. The number of hydrogen-bond donors (Lipinski definition) is 2. The number of carbonyl (C=O) groups is 2. The second-order valence-electron chi connectivity index (χ2n) is 4.49. The van der Waals surface area contributed by atoms with Gasteiger partial charge < -0.3 is 20.1 Å². The number of nitrogens with zero attached hydrogens (tertiary/aromatic N) is 1. The molecule has 0 saturated heterocycles. The van der Waals surface area contributed by atoms with Gasteiger partial charge in [-0.15, -0.1) is 0 Å². The Morgan fingerprint density at radius 1 is 1.44 bits per heavy atom. The summed E-state index contributed by atoms with van der Waals surface area (Å²) >= 11 is 0. The second-order valence-corrected chi connectivity index (χ2v) is 4.49. The van der Waals surface area contributed by atoms with Gasteiger partial charge >= 0.3 is 12.0 Å². The van der Waals surface area contributed by atoms with E-state index in [-0.39, 0.29) is 18.4 Å². The molecule has 0 radical (unpaired) electrons. The number of carbonyl (C=O) groups excluding carboxylic acids is 1. The van der Waals surface area contributed by atoms with E-state index in [1.807, 2.05) is 6.92 Å². The fourth-order valence-corrected chi connectivity index (χ4v) is 1.42. The van der Waals surface area contributed by atoms with Gasteiger partial charge in [0.05, 0.1) is 0 Å². The minimum Gasteiger partial charge on any atom is -0.481 e. The zero-order valence-corrected chi connectivity index (χ0v) is 11.4. The number of amides is 2. The molecule has 0 aromatic rings. The Hall–Kier alpha value is -1.30. The first-order valence-corrected chi connectivity index (χ1v) is 6.17. The summed E-state index contributed by atoms with van der Waals surface area (Å²) in [5.41, 5.74) is 0. The Morgan fingerprint density at radius 2 is 2.11 bits per heavy atom. The SMILES string of the molecule is COCCCN(C)C(=O)NCC(C)CCC(=O)O. The van der Waals surface area contributed by atoms with Crippen LogP contribution in [0.15, 0.2) is 0 Å². The Kier molecular flexibility index (Phi) is 9.00. The van der Waals surface area contributed by atoms with E-state index in [1.165, 1.54) is 0 Å². The van der Waals surface area contributed by atoms with Crippen molar-refractivity contribution in [1.82, 2.24) is 10.2 Å². The van der Waals surface area contributed by atoms with Gasteiger partial charge in [-0.3, -0.25) is 4.79 Å². The van der Waals surface area contributed by atoms with Crippen LogP contribution in [0.3, 0.4) is 0 Å². The number of aliphatic carboxylic acids is 1. The molecule has 1 unspecified atom stereocenters. The van der Waals surface area contributed by atoms with Crippen molar-refractivity contribution in [3.63, 3.8) is 0 Å². The van der Waals surface area contributed by atoms with Gasteiger partial charge in [0.2, 0.25) is 0 Å². The molecular formula is C12H24N2O4. The lowest BCUT2D eigenvalue weighted by atomic mass is 10.1. The van der Waals surface area contributed by atoms with Crippen LogP contribution in [0.25, 0.3) is 0 Å². The molecule has 0 aliphatic rings. The van der Waals surface area contributed by atoms with Crippen LogP contribution < -0.4 is 5.32 Å². The first-order valence-electron chi connectivity index (χ1n) is 6.17. The summed E-state index contributed by atoms with van der Waals surface area (Å²) in [5, 5.41) is 11.3. The van der Waals surface area contributed by atoms with Crippen LogP contribution >= 0.6 is 0 Å². The highest BCUT2D eigenvalue weighted by Crippen LogP contribution is 2.04. The molecule has 0 saturated carbocycles. The lowest BCUT2D eigenvalue weighted by molar-refractivity contribution is -0.137. The minimum absolute atomic E-state index is 0.131. The molecule has 0 aliphatic carbocycles. The van der Waals surface area contributed by atoms with Crippen molar-refractivity contribution in [2.75, 3.05) is 33.9 Å². The van der Waals surface area contributed by atoms with E-state index in [1.54, 1.807) is 19.1 Å². The summed E-state index contributed by atoms with van der Waals surface area (Å²) < 4.78 is 4.91. The zero-order chi connectivity index (χ0) is 14.0. The molecule has 6 heteroatoms. The van der Waals surface area contributed by atoms with Crippen molar-refractivity contribution in [3.8, 4) is 0 Å². The first kappa shape index (κ1) is 16.7. The van der Waals surface area contributed by atoms with Crippen LogP contribution in [0.1, 0.15) is 26.2 Å². The van der Waals surface area contributed by atoms with E-state index in [9.17, 15) is 9.59 Å². The molecule has 0 spiro atoms. The quantitative estimate of drug-likeness (QED) is 0.610. The van der Waals surface area contributed by atoms with Gasteiger partial charge in [0, 0.05) is 40.3 Å². The highest BCUT2D eigenvalue weighted by molar-refractivity contribution is 5.73. The molecule has 0 aliphatic heterocycles. The van der Waals surface area contributed by atoms with Crippen molar-refractivity contribution in [3.05, 3.63) is 0 Å². The van der Waals surface area contributed by atoms with E-state index in [4.69, 9.17) is 9.84 Å². The maximum absolute atomic E-state index is 11.6. The van der Waals surface area contributed by atoms with E-state index in [0.717, 1.165) is 6.42 Å². The molecule has 0 aromatic heterocycles. The summed E-state index contributed by atoms with van der Waals surface area (Å²) in [4.78, 5) is 23.6. The summed E-state index contributed by atoms with van der Waals surface area (Å²) in [5.74, 6) is -0.637. The normalized spacial score (nSPS) is 11.9. The highest BCUT2D eigenvalue weighted by atomic mass is 16.5. The van der Waals surface area contributed by atoms with E-state index >= 15 is 0 Å². The number of ether oxygens (including phenoxy) is 1. The third kappa shape index (κ3) is 8.81. The molecule has 0 bridgehead atoms. The van der Waals surface area contributed by atoms with Crippen LogP contribution in [0, 0.1) is 5.92 Å². The first-order chi connectivity index (χ1) is 8.47. The molecule has 106 valence electrons. The molecular weight excluding hydrogens is 236 g/mol. The highest BCUT2D eigenvalue weighted by Gasteiger charge is 2.10. The second kappa shape index (κ2) is 9.70. The number of rotatable bonds is 9. The Bertz CT molecular complexity index is 258. The maximum Gasteiger partial charge on any atom is 0.317 e. The van der Waals surface area contributed by atoms with E-state index in [2.05, 4.69) is 5.32 Å². The number of hydrogen-bond acceptors (Lipinski definition) is 3. The topological polar surface area (TPSA) is 78.9 Å². The van der Waals surface area contributed by atoms with Gasteiger partial charge in [0.15, 0.2) is 0 Å². The number of urea groups is 1. The Labute approximate surface area is 108 Å². The molecule has 18 heavy (non-hydrogen) atoms. The summed E-state index contributed by atoms with van der Waals surface area (Å²) in [6.45, 7) is 3.70. The molecule has 2 amide bonds. The van der Waals surface area contributed by atoms with Gasteiger partial charge in [0.1, 0.15) is 0 Å². The molecule has 0 rings (SSSR count). The van der Waals surface area contributed by atoms with Crippen LogP contribution in [-0.4, -0.2) is 55.9 Å². The third-order valence-electron chi connectivity index (χ3n) is 2.64. The number of nitrogens with one attached hydrogen (secondary N) is 1. The lowest BCUT2D eigenvalue weighted by Crippen LogP contribution is -2.40. The molecule has 0 fully saturated rings. The molecule has 0 aromatic carbocycles. The van der Waals surface area contributed by atoms with E-state index < -0.39 is 5.97 Å². The fraction of sp³-hybridized carbons (Fsp3) is 0.833. The van der Waals surface area contributed by atoms with Crippen LogP contribution in [-0.2, 0) is 9.53 Å². The average Bonchev–Trinajstić information content (AvgIpc) is 2.33. The Balaban J connectivity index is 3.70. The summed E-state index contributed by atoms with van der Waals surface area (Å²) in [6, 6.07) is -0.131. The number of methoxy groups -OCH3 is 1. The number of carboxylic acids is 1. The van der Waals surface area contributed by atoms with Crippen LogP contribution in [0.2, 0.25) is 0 Å². The molecule has 6 nitrogen and oxygen atoms in total. The van der Waals surface area contributed by atoms with Crippen molar-refractivity contribution >= 4 is 12.0 Å². The van der Waals surface area contributed by atoms with Crippen molar-refractivity contribution in [2.24, 2.45) is 5.92 Å². The van der Waals surface area contributed by atoms with Gasteiger partial charge in [0.25, 0.3) is 0 Å². The fourth-order valence-electron chi connectivity index (χ4n) is 1.42. The van der Waals surface area contributed by atoms with Gasteiger partial charge in [-0.1, -0.05) is 6.92 Å². The lowest BCUT2D eigenvalue weighted by Gasteiger charge is -2.19. The Morgan fingerprint density at radius 3 is 2.67 bits per heavy atom. The van der Waals surface area contributed by atoms with Crippen molar-refractivity contribution in [2.45, 2.75) is 26.2 Å². The number of carboxylic acid groups (broad SMARTS) is 1. The van der Waals surface area contributed by atoms with Crippen LogP contribution in [0.5, 0.6) is 0 Å². The van der Waals surface area contributed by atoms with Gasteiger partial charge in [-0.2, -0.15) is 0 Å². The zero-order valence-electron chi connectivity index (χ0n) is 11.4. The maximum atomic E-state index is 11.6. The average molecular weight is 260 g/mol. The monoisotopic (exact) mass is 260 g/mol. The molecule has 1 atom stereocenters. The largest absolute Gasteiger partial charge is 0.481 e. The minimum atomic E-state index is -0.801. The van der Waals surface area contributed by atoms with Gasteiger partial charge in [-0.25, -0.2) is 4.79 Å². The summed E-state index contributed by atoms with van der Waals surface area (Å²) in [7, 11) is 3.36. The van der Waals surface area contributed by atoms with E-state index in [0.29, 0.717) is 26.1 Å². The predicted octanol–water partition coefficient (Wildman–Crippen LogP) is 1.17. The third-order valence-corrected chi connectivity index (χ3v) is 2.64. The van der Waals surface area contributed by atoms with Crippen molar-refractivity contribution < 1.29 is 19.4 Å². The smallest absolute Gasteiger partial charge is 0.317 e. The van der Waals surface area contributed by atoms with Gasteiger partial charge in [-0.05, 0) is 18.8 Å².